The fourth-order valence-corrected chi connectivity index (χ4v) is 3.37. The Morgan fingerprint density at radius 2 is 1.79 bits per heavy atom. The van der Waals surface area contributed by atoms with E-state index in [9.17, 15) is 5.11 Å². The SMILES string of the molecule is C[C@H]1CCCN(C[C@H](O)COc2ccc(-c3ccccc3)cc2)C1. The van der Waals surface area contributed by atoms with Crippen LogP contribution in [0.5, 0.6) is 5.75 Å². The fraction of sp³-hybridized carbons (Fsp3) is 0.429. The molecule has 128 valence electrons. The van der Waals surface area contributed by atoms with Crippen molar-refractivity contribution in [3.05, 3.63) is 54.6 Å². The summed E-state index contributed by atoms with van der Waals surface area (Å²) < 4.78 is 5.75. The number of β-amino-alcohol motifs (C(OH)–C–C–N with tert-alkyl or cyclic N) is 1. The quantitative estimate of drug-likeness (QED) is 0.876. The van der Waals surface area contributed by atoms with Crippen LogP contribution < -0.4 is 4.74 Å². The highest BCUT2D eigenvalue weighted by Crippen LogP contribution is 2.22. The van der Waals surface area contributed by atoms with Gasteiger partial charge in [0.05, 0.1) is 0 Å². The lowest BCUT2D eigenvalue weighted by Crippen LogP contribution is -2.41. The van der Waals surface area contributed by atoms with Gasteiger partial charge in [0.2, 0.25) is 0 Å². The molecule has 2 aromatic carbocycles. The van der Waals surface area contributed by atoms with E-state index in [0.29, 0.717) is 13.2 Å². The highest BCUT2D eigenvalue weighted by molar-refractivity contribution is 5.63. The third-order valence-electron chi connectivity index (χ3n) is 4.61. The molecule has 0 saturated carbocycles. The fourth-order valence-electron chi connectivity index (χ4n) is 3.37. The Morgan fingerprint density at radius 3 is 2.50 bits per heavy atom. The maximum atomic E-state index is 10.2. The van der Waals surface area contributed by atoms with E-state index >= 15 is 0 Å². The summed E-state index contributed by atoms with van der Waals surface area (Å²) in [4.78, 5) is 2.35. The highest BCUT2D eigenvalue weighted by atomic mass is 16.5. The molecule has 1 fully saturated rings. The molecule has 1 saturated heterocycles. The van der Waals surface area contributed by atoms with E-state index in [2.05, 4.69) is 36.1 Å². The first-order valence-corrected chi connectivity index (χ1v) is 8.89. The van der Waals surface area contributed by atoms with Gasteiger partial charge in [-0.3, -0.25) is 0 Å². The van der Waals surface area contributed by atoms with E-state index < -0.39 is 6.10 Å². The molecule has 0 unspecified atom stereocenters. The monoisotopic (exact) mass is 325 g/mol. The minimum Gasteiger partial charge on any atom is -0.491 e. The van der Waals surface area contributed by atoms with Gasteiger partial charge in [-0.15, -0.1) is 0 Å². The molecular formula is C21H27NO2. The van der Waals surface area contributed by atoms with E-state index in [1.807, 2.05) is 30.3 Å². The largest absolute Gasteiger partial charge is 0.491 e. The number of aliphatic hydroxyl groups is 1. The Bertz CT molecular complexity index is 611. The third kappa shape index (κ3) is 4.83. The van der Waals surface area contributed by atoms with Crippen molar-refractivity contribution in [3.8, 4) is 16.9 Å². The molecule has 0 aliphatic carbocycles. The Balaban J connectivity index is 1.48. The summed E-state index contributed by atoms with van der Waals surface area (Å²) in [6, 6.07) is 18.3. The number of hydrogen-bond acceptors (Lipinski definition) is 3. The number of nitrogens with zero attached hydrogens (tertiary/aromatic N) is 1. The van der Waals surface area contributed by atoms with Gasteiger partial charge in [0.1, 0.15) is 18.5 Å². The van der Waals surface area contributed by atoms with Gasteiger partial charge in [-0.05, 0) is 48.6 Å². The first-order chi connectivity index (χ1) is 11.7. The zero-order valence-electron chi connectivity index (χ0n) is 14.4. The summed E-state index contributed by atoms with van der Waals surface area (Å²) >= 11 is 0. The van der Waals surface area contributed by atoms with Crippen molar-refractivity contribution in [3.63, 3.8) is 0 Å². The lowest BCUT2D eigenvalue weighted by atomic mass is 10.0. The van der Waals surface area contributed by atoms with Crippen molar-refractivity contribution < 1.29 is 9.84 Å². The lowest BCUT2D eigenvalue weighted by molar-refractivity contribution is 0.0537. The molecule has 3 nitrogen and oxygen atoms in total. The number of aliphatic hydroxyl groups excluding tert-OH is 1. The second-order valence-corrected chi connectivity index (χ2v) is 6.86. The van der Waals surface area contributed by atoms with Gasteiger partial charge < -0.3 is 14.7 Å². The number of hydrogen-bond donors (Lipinski definition) is 1. The summed E-state index contributed by atoms with van der Waals surface area (Å²) in [5.74, 6) is 1.54. The van der Waals surface area contributed by atoms with Crippen LogP contribution in [0, 0.1) is 5.92 Å². The Kier molecular flexibility index (Phi) is 5.89. The van der Waals surface area contributed by atoms with E-state index in [-0.39, 0.29) is 0 Å². The maximum Gasteiger partial charge on any atom is 0.119 e. The Morgan fingerprint density at radius 1 is 1.08 bits per heavy atom. The molecule has 1 N–H and O–H groups in total. The molecule has 0 aromatic heterocycles. The minimum absolute atomic E-state index is 0.343. The maximum absolute atomic E-state index is 10.2. The lowest BCUT2D eigenvalue weighted by Gasteiger charge is -2.32. The van der Waals surface area contributed by atoms with Crippen molar-refractivity contribution in [2.24, 2.45) is 5.92 Å². The van der Waals surface area contributed by atoms with Crippen LogP contribution in [0.1, 0.15) is 19.8 Å². The molecule has 1 aliphatic rings. The minimum atomic E-state index is -0.441. The topological polar surface area (TPSA) is 32.7 Å². The van der Waals surface area contributed by atoms with Gasteiger partial charge in [0.15, 0.2) is 0 Å². The van der Waals surface area contributed by atoms with Crippen LogP contribution in [0.15, 0.2) is 54.6 Å². The summed E-state index contributed by atoms with van der Waals surface area (Å²) in [5.41, 5.74) is 2.37. The standard InChI is InChI=1S/C21H27NO2/c1-17-6-5-13-22(14-17)15-20(23)16-24-21-11-9-19(10-12-21)18-7-3-2-4-8-18/h2-4,7-12,17,20,23H,5-6,13-16H2,1H3/t17-,20-/m0/s1. The molecule has 0 spiro atoms. The van der Waals surface area contributed by atoms with Gasteiger partial charge >= 0.3 is 0 Å². The molecule has 24 heavy (non-hydrogen) atoms. The number of ether oxygens (including phenoxy) is 1. The zero-order valence-corrected chi connectivity index (χ0v) is 14.4. The van der Waals surface area contributed by atoms with Crippen LogP contribution in [0.3, 0.4) is 0 Å². The number of likely N-dealkylation sites (tertiary alicyclic amines) is 1. The van der Waals surface area contributed by atoms with Crippen molar-refractivity contribution in [2.45, 2.75) is 25.9 Å². The molecular weight excluding hydrogens is 298 g/mol. The first-order valence-electron chi connectivity index (χ1n) is 8.89. The molecule has 0 bridgehead atoms. The summed E-state index contributed by atoms with van der Waals surface area (Å²) in [6.07, 6.45) is 2.09. The second-order valence-electron chi connectivity index (χ2n) is 6.86. The van der Waals surface area contributed by atoms with Gasteiger partial charge in [-0.1, -0.05) is 49.4 Å². The average Bonchev–Trinajstić information content (AvgIpc) is 2.61. The van der Waals surface area contributed by atoms with Crippen LogP contribution >= 0.6 is 0 Å². The molecule has 1 aliphatic heterocycles. The van der Waals surface area contributed by atoms with Crippen LogP contribution in [-0.2, 0) is 0 Å². The molecule has 3 heteroatoms. The van der Waals surface area contributed by atoms with E-state index in [1.165, 1.54) is 24.0 Å². The number of benzene rings is 2. The molecule has 1 heterocycles. The van der Waals surface area contributed by atoms with Crippen molar-refractivity contribution in [1.82, 2.24) is 4.90 Å². The van der Waals surface area contributed by atoms with Gasteiger partial charge in [0.25, 0.3) is 0 Å². The van der Waals surface area contributed by atoms with Gasteiger partial charge in [-0.25, -0.2) is 0 Å². The highest BCUT2D eigenvalue weighted by Gasteiger charge is 2.19. The smallest absolute Gasteiger partial charge is 0.119 e. The Labute approximate surface area is 144 Å². The van der Waals surface area contributed by atoms with Gasteiger partial charge in [-0.2, -0.15) is 0 Å². The molecule has 0 radical (unpaired) electrons. The van der Waals surface area contributed by atoms with E-state index in [1.54, 1.807) is 0 Å². The van der Waals surface area contributed by atoms with Crippen molar-refractivity contribution >= 4 is 0 Å². The Hall–Kier alpha value is -1.84. The van der Waals surface area contributed by atoms with Crippen LogP contribution in [0.4, 0.5) is 0 Å². The summed E-state index contributed by atoms with van der Waals surface area (Å²) in [7, 11) is 0. The predicted octanol–water partition coefficient (Wildman–Crippen LogP) is 3.83. The zero-order chi connectivity index (χ0) is 16.8. The van der Waals surface area contributed by atoms with E-state index in [4.69, 9.17) is 4.74 Å². The average molecular weight is 325 g/mol. The molecule has 0 amide bonds. The normalized spacial score (nSPS) is 19.8. The predicted molar refractivity (Wildman–Crippen MR) is 98.2 cm³/mol. The second kappa shape index (κ2) is 8.32. The van der Waals surface area contributed by atoms with E-state index in [0.717, 1.165) is 24.8 Å². The van der Waals surface area contributed by atoms with Crippen LogP contribution in [0.2, 0.25) is 0 Å². The molecule has 2 aromatic rings. The number of piperidine rings is 1. The van der Waals surface area contributed by atoms with Crippen LogP contribution in [0.25, 0.3) is 11.1 Å². The van der Waals surface area contributed by atoms with Gasteiger partial charge in [0, 0.05) is 13.1 Å². The molecule has 3 rings (SSSR count). The van der Waals surface area contributed by atoms with Crippen molar-refractivity contribution in [2.75, 3.05) is 26.2 Å². The van der Waals surface area contributed by atoms with Crippen LogP contribution in [-0.4, -0.2) is 42.4 Å². The van der Waals surface area contributed by atoms with Crippen molar-refractivity contribution in [1.29, 1.82) is 0 Å². The first kappa shape index (κ1) is 17.0. The number of rotatable bonds is 6. The summed E-state index contributed by atoms with van der Waals surface area (Å²) in [5, 5.41) is 10.2. The molecule has 2 atom stereocenters. The third-order valence-corrected chi connectivity index (χ3v) is 4.61. The summed E-state index contributed by atoms with van der Waals surface area (Å²) in [6.45, 7) is 5.50.